The molecule has 0 spiro atoms. The van der Waals surface area contributed by atoms with Crippen LogP contribution in [0.15, 0.2) is 77.7 Å². The van der Waals surface area contributed by atoms with E-state index in [4.69, 9.17) is 4.74 Å². The number of halogens is 1. The molecule has 3 aromatic carbocycles. The van der Waals surface area contributed by atoms with Gasteiger partial charge in [0.2, 0.25) is 11.3 Å². The van der Waals surface area contributed by atoms with Crippen molar-refractivity contribution >= 4 is 28.3 Å². The molecule has 0 radical (unpaired) electrons. The van der Waals surface area contributed by atoms with Gasteiger partial charge in [-0.3, -0.25) is 14.4 Å². The second-order valence-electron chi connectivity index (χ2n) is 7.86. The van der Waals surface area contributed by atoms with Gasteiger partial charge in [0.1, 0.15) is 18.1 Å². The minimum Gasteiger partial charge on any atom is -0.494 e. The van der Waals surface area contributed by atoms with Crippen molar-refractivity contribution in [2.45, 2.75) is 20.4 Å². The van der Waals surface area contributed by atoms with E-state index in [1.807, 2.05) is 13.8 Å². The van der Waals surface area contributed by atoms with Crippen molar-refractivity contribution in [3.05, 3.63) is 106 Å². The molecular weight excluding hydrogens is 435 g/mol. The quantitative estimate of drug-likeness (QED) is 0.407. The number of hydrogen-bond donors (Lipinski definition) is 1. The van der Waals surface area contributed by atoms with Crippen molar-refractivity contribution < 1.29 is 18.7 Å². The number of pyridine rings is 1. The van der Waals surface area contributed by atoms with Crippen LogP contribution in [-0.4, -0.2) is 22.9 Å². The number of aromatic nitrogens is 1. The van der Waals surface area contributed by atoms with Crippen molar-refractivity contribution in [1.82, 2.24) is 4.57 Å². The maximum atomic E-state index is 13.3. The molecule has 4 rings (SSSR count). The molecule has 0 saturated heterocycles. The number of fused-ring (bicyclic) bond motifs is 1. The summed E-state index contributed by atoms with van der Waals surface area (Å²) in [5, 5.41) is 2.98. The Morgan fingerprint density at radius 3 is 2.38 bits per heavy atom. The summed E-state index contributed by atoms with van der Waals surface area (Å²) in [6.45, 7) is 4.00. The van der Waals surface area contributed by atoms with Crippen LogP contribution in [0.4, 0.5) is 10.1 Å². The second-order valence-corrected chi connectivity index (χ2v) is 7.86. The summed E-state index contributed by atoms with van der Waals surface area (Å²) in [7, 11) is 0. The third-order valence-corrected chi connectivity index (χ3v) is 5.36. The summed E-state index contributed by atoms with van der Waals surface area (Å²) in [6.07, 6.45) is 1.41. The minimum atomic E-state index is -0.433. The van der Waals surface area contributed by atoms with Gasteiger partial charge in [0, 0.05) is 17.4 Å². The molecule has 0 aliphatic heterocycles. The van der Waals surface area contributed by atoms with E-state index in [-0.39, 0.29) is 23.4 Å². The highest BCUT2D eigenvalue weighted by atomic mass is 19.1. The summed E-state index contributed by atoms with van der Waals surface area (Å²) in [4.78, 5) is 39.3. The average Bonchev–Trinajstić information content (AvgIpc) is 2.82. The Morgan fingerprint density at radius 2 is 1.71 bits per heavy atom. The molecule has 0 bridgehead atoms. The van der Waals surface area contributed by atoms with Gasteiger partial charge in [0.25, 0.3) is 0 Å². The number of ketones is 1. The maximum Gasteiger partial charge on any atom is 0.244 e. The number of nitrogens with zero attached hydrogens (tertiary/aromatic N) is 1. The number of hydrogen-bond acceptors (Lipinski definition) is 4. The number of carbonyl (C=O) groups is 2. The Kier molecular flexibility index (Phi) is 6.54. The van der Waals surface area contributed by atoms with Crippen molar-refractivity contribution in [2.75, 3.05) is 11.9 Å². The third-order valence-electron chi connectivity index (χ3n) is 5.36. The molecule has 6 nitrogen and oxygen atoms in total. The molecule has 7 heteroatoms. The number of benzene rings is 3. The molecule has 1 amide bonds. The number of nitrogens with one attached hydrogen (secondary N) is 1. The molecule has 1 aromatic heterocycles. The summed E-state index contributed by atoms with van der Waals surface area (Å²) in [5.74, 6) is -0.733. The van der Waals surface area contributed by atoms with Gasteiger partial charge in [-0.05, 0) is 56.3 Å². The van der Waals surface area contributed by atoms with E-state index in [0.717, 1.165) is 5.56 Å². The first kappa shape index (κ1) is 22.9. The predicted octanol–water partition coefficient (Wildman–Crippen LogP) is 4.72. The fraction of sp³-hybridized carbons (Fsp3) is 0.148. The summed E-state index contributed by atoms with van der Waals surface area (Å²) < 4.78 is 20.3. The Balaban J connectivity index is 1.77. The first-order valence-electron chi connectivity index (χ1n) is 10.8. The van der Waals surface area contributed by atoms with Crippen LogP contribution in [-0.2, 0) is 11.3 Å². The topological polar surface area (TPSA) is 77.4 Å². The Bertz CT molecular complexity index is 1420. The van der Waals surface area contributed by atoms with E-state index in [1.54, 1.807) is 47.0 Å². The van der Waals surface area contributed by atoms with Crippen LogP contribution in [0.3, 0.4) is 0 Å². The maximum absolute atomic E-state index is 13.3. The standard InChI is InChI=1S/C27H23FN2O4/c1-3-34-21-12-13-24-22(14-21)27(33)23(26(32)18-6-4-17(2)5-7-18)15-30(24)16-25(31)29-20-10-8-19(28)9-11-20/h4-15H,3,16H2,1-2H3,(H,29,31). The fourth-order valence-electron chi connectivity index (χ4n) is 3.67. The van der Waals surface area contributed by atoms with Gasteiger partial charge in [-0.15, -0.1) is 0 Å². The zero-order valence-electron chi connectivity index (χ0n) is 18.8. The Morgan fingerprint density at radius 1 is 1.00 bits per heavy atom. The SMILES string of the molecule is CCOc1ccc2c(c1)c(=O)c(C(=O)c1ccc(C)cc1)cn2CC(=O)Nc1ccc(F)cc1. The summed E-state index contributed by atoms with van der Waals surface area (Å²) >= 11 is 0. The molecule has 0 aliphatic rings. The summed E-state index contributed by atoms with van der Waals surface area (Å²) in [6, 6.07) is 17.3. The lowest BCUT2D eigenvalue weighted by atomic mass is 10.0. The van der Waals surface area contributed by atoms with E-state index < -0.39 is 17.0 Å². The van der Waals surface area contributed by atoms with Gasteiger partial charge in [0.05, 0.1) is 23.1 Å². The molecule has 1 N–H and O–H groups in total. The molecule has 4 aromatic rings. The van der Waals surface area contributed by atoms with Gasteiger partial charge in [-0.2, -0.15) is 0 Å². The lowest BCUT2D eigenvalue weighted by molar-refractivity contribution is -0.116. The number of rotatable bonds is 7. The number of carbonyl (C=O) groups excluding carboxylic acids is 2. The first-order chi connectivity index (χ1) is 16.4. The van der Waals surface area contributed by atoms with Gasteiger partial charge < -0.3 is 14.6 Å². The number of anilines is 1. The lowest BCUT2D eigenvalue weighted by Gasteiger charge is -2.14. The smallest absolute Gasteiger partial charge is 0.244 e. The van der Waals surface area contributed by atoms with Crippen molar-refractivity contribution in [3.8, 4) is 5.75 Å². The molecule has 0 saturated carbocycles. The molecule has 1 heterocycles. The molecule has 0 atom stereocenters. The van der Waals surface area contributed by atoms with Crippen LogP contribution in [0.1, 0.15) is 28.4 Å². The van der Waals surface area contributed by atoms with Crippen molar-refractivity contribution in [3.63, 3.8) is 0 Å². The normalized spacial score (nSPS) is 10.8. The first-order valence-corrected chi connectivity index (χ1v) is 10.8. The highest BCUT2D eigenvalue weighted by molar-refractivity contribution is 6.10. The molecule has 0 unspecified atom stereocenters. The van der Waals surface area contributed by atoms with Gasteiger partial charge in [0.15, 0.2) is 5.78 Å². The van der Waals surface area contributed by atoms with Gasteiger partial charge in [-0.1, -0.05) is 29.8 Å². The largest absolute Gasteiger partial charge is 0.494 e. The van der Waals surface area contributed by atoms with E-state index in [1.165, 1.54) is 30.5 Å². The van der Waals surface area contributed by atoms with Crippen LogP contribution in [0.5, 0.6) is 5.75 Å². The van der Waals surface area contributed by atoms with Crippen LogP contribution in [0.25, 0.3) is 10.9 Å². The molecular formula is C27H23FN2O4. The monoisotopic (exact) mass is 458 g/mol. The van der Waals surface area contributed by atoms with E-state index >= 15 is 0 Å². The van der Waals surface area contributed by atoms with E-state index in [9.17, 15) is 18.8 Å². The van der Waals surface area contributed by atoms with Crippen LogP contribution < -0.4 is 15.5 Å². The zero-order chi connectivity index (χ0) is 24.2. The highest BCUT2D eigenvalue weighted by Gasteiger charge is 2.19. The minimum absolute atomic E-state index is 0.0421. The molecule has 172 valence electrons. The zero-order valence-corrected chi connectivity index (χ0v) is 18.8. The van der Waals surface area contributed by atoms with Crippen LogP contribution >= 0.6 is 0 Å². The number of ether oxygens (including phenoxy) is 1. The van der Waals surface area contributed by atoms with Gasteiger partial charge >= 0.3 is 0 Å². The van der Waals surface area contributed by atoms with Gasteiger partial charge in [-0.25, -0.2) is 4.39 Å². The fourth-order valence-corrected chi connectivity index (χ4v) is 3.67. The second kappa shape index (κ2) is 9.70. The van der Waals surface area contributed by atoms with Crippen LogP contribution in [0, 0.1) is 12.7 Å². The van der Waals surface area contributed by atoms with Crippen molar-refractivity contribution in [1.29, 1.82) is 0 Å². The number of amides is 1. The summed E-state index contributed by atoms with van der Waals surface area (Å²) in [5.41, 5.74) is 1.82. The predicted molar refractivity (Wildman–Crippen MR) is 129 cm³/mol. The average molecular weight is 458 g/mol. The molecule has 34 heavy (non-hydrogen) atoms. The Labute approximate surface area is 195 Å². The van der Waals surface area contributed by atoms with Crippen molar-refractivity contribution in [2.24, 2.45) is 0 Å². The highest BCUT2D eigenvalue weighted by Crippen LogP contribution is 2.21. The van der Waals surface area contributed by atoms with E-state index in [2.05, 4.69) is 5.32 Å². The third kappa shape index (κ3) is 4.88. The Hall–Kier alpha value is -4.26. The number of aryl methyl sites for hydroxylation is 1. The lowest BCUT2D eigenvalue weighted by Crippen LogP contribution is -2.24. The van der Waals surface area contributed by atoms with E-state index in [0.29, 0.717) is 29.1 Å². The molecule has 0 aliphatic carbocycles. The molecule has 0 fully saturated rings. The van der Waals surface area contributed by atoms with Crippen LogP contribution in [0.2, 0.25) is 0 Å².